The van der Waals surface area contributed by atoms with Crippen molar-refractivity contribution in [2.45, 2.75) is 25.0 Å². The normalized spacial score (nSPS) is 21.6. The van der Waals surface area contributed by atoms with E-state index in [9.17, 15) is 24.5 Å². The fraction of sp³-hybridized carbons (Fsp3) is 0.300. The molecule has 2 aliphatic heterocycles. The van der Waals surface area contributed by atoms with Gasteiger partial charge in [-0.3, -0.25) is 14.7 Å². The Morgan fingerprint density at radius 2 is 1.93 bits per heavy atom. The van der Waals surface area contributed by atoms with Gasteiger partial charge in [0.25, 0.3) is 5.69 Å². The number of anilines is 1. The highest BCUT2D eigenvalue weighted by Gasteiger charge is 2.58. The van der Waals surface area contributed by atoms with Gasteiger partial charge in [-0.1, -0.05) is 18.2 Å². The number of ether oxygens (including phenoxy) is 1. The number of para-hydroxylation sites is 1. The van der Waals surface area contributed by atoms with E-state index in [0.29, 0.717) is 11.3 Å². The molecule has 2 heterocycles. The van der Waals surface area contributed by atoms with Crippen LogP contribution < -0.4 is 9.64 Å². The smallest absolute Gasteiger partial charge is 0.327 e. The van der Waals surface area contributed by atoms with Crippen LogP contribution in [0.25, 0.3) is 6.08 Å². The van der Waals surface area contributed by atoms with E-state index in [1.54, 1.807) is 12.1 Å². The van der Waals surface area contributed by atoms with Crippen LogP contribution in [0.5, 0.6) is 5.75 Å². The molecule has 1 spiro atoms. The van der Waals surface area contributed by atoms with Crippen LogP contribution in [0, 0.1) is 10.1 Å². The predicted octanol–water partition coefficient (Wildman–Crippen LogP) is 3.67. The number of fused-ring (bicyclic) bond motifs is 2. The number of hydrogen-bond donors (Lipinski definition) is 2. The van der Waals surface area contributed by atoms with E-state index < -0.39 is 23.7 Å². The molecule has 0 aliphatic carbocycles. The average molecular weight is 416 g/mol. The molecule has 1 atom stereocenters. The molecule has 0 fully saturated rings. The van der Waals surface area contributed by atoms with E-state index in [4.69, 9.17) is 4.74 Å². The molecule has 0 radical (unpaired) electrons. The lowest BCUT2D eigenvalue weighted by molar-refractivity contribution is -0.384. The summed E-state index contributed by atoms with van der Waals surface area (Å²) < 4.78 is 18.0. The molecule has 0 saturated carbocycles. The molecule has 4 rings (SSSR count). The van der Waals surface area contributed by atoms with E-state index in [0.717, 1.165) is 11.3 Å². The summed E-state index contributed by atoms with van der Waals surface area (Å²) in [7, 11) is -4.22. The maximum absolute atomic E-state index is 11.6. The number of nitro benzene ring substituents is 1. The van der Waals surface area contributed by atoms with Gasteiger partial charge in [0.15, 0.2) is 0 Å². The molecular weight excluding hydrogens is 395 g/mol. The minimum Gasteiger partial charge on any atom is -0.463 e. The lowest BCUT2D eigenvalue weighted by atomic mass is 9.76. The first-order chi connectivity index (χ1) is 13.6. The van der Waals surface area contributed by atoms with Crippen molar-refractivity contribution in [3.63, 3.8) is 0 Å². The molecule has 0 aromatic heterocycles. The molecule has 2 aromatic rings. The zero-order valence-corrected chi connectivity index (χ0v) is 16.9. The average Bonchev–Trinajstić information content (AvgIpc) is 2.83. The summed E-state index contributed by atoms with van der Waals surface area (Å²) in [5.41, 5.74) is 0.845. The zero-order chi connectivity index (χ0) is 21.0. The van der Waals surface area contributed by atoms with Gasteiger partial charge in [-0.2, -0.15) is 0 Å². The van der Waals surface area contributed by atoms with Gasteiger partial charge < -0.3 is 19.4 Å². The van der Waals surface area contributed by atoms with Crippen LogP contribution in [0.15, 0.2) is 48.5 Å². The summed E-state index contributed by atoms with van der Waals surface area (Å²) in [6, 6.07) is 12.1. The quantitative estimate of drug-likeness (QED) is 0.444. The maximum atomic E-state index is 11.6. The summed E-state index contributed by atoms with van der Waals surface area (Å²) in [6.45, 7) is 4.13. The van der Waals surface area contributed by atoms with Gasteiger partial charge in [0.2, 0.25) is 5.72 Å². The van der Waals surface area contributed by atoms with Gasteiger partial charge in [0.1, 0.15) is 5.75 Å². The van der Waals surface area contributed by atoms with Crippen LogP contribution >= 0.6 is 7.60 Å². The van der Waals surface area contributed by atoms with Crippen molar-refractivity contribution in [2.75, 3.05) is 17.6 Å². The number of nitrogens with zero attached hydrogens (tertiary/aromatic N) is 2. The Kier molecular flexibility index (Phi) is 4.35. The molecule has 29 heavy (non-hydrogen) atoms. The molecule has 0 bridgehead atoms. The van der Waals surface area contributed by atoms with Gasteiger partial charge in [-0.25, -0.2) is 0 Å². The summed E-state index contributed by atoms with van der Waals surface area (Å²) in [4.78, 5) is 31.4. The third kappa shape index (κ3) is 3.04. The highest BCUT2D eigenvalue weighted by Crippen LogP contribution is 2.55. The highest BCUT2D eigenvalue weighted by molar-refractivity contribution is 7.51. The van der Waals surface area contributed by atoms with Gasteiger partial charge in [0, 0.05) is 29.9 Å². The Morgan fingerprint density at radius 3 is 2.62 bits per heavy atom. The first kappa shape index (κ1) is 19.6. The van der Waals surface area contributed by atoms with E-state index in [1.165, 1.54) is 12.1 Å². The van der Waals surface area contributed by atoms with Crippen molar-refractivity contribution in [1.29, 1.82) is 0 Å². The fourth-order valence-corrected chi connectivity index (χ4v) is 4.68. The number of benzene rings is 2. The standard InChI is InChI=1S/C20H21N2O6P/c1-19(2)16-5-3-4-6-17(16)21(11-12-29(25,26)27)20(19)10-9-14-13-15(22(23)24)7-8-18(14)28-20/h3-10,13H,11-12H2,1-2H3,(H2,25,26,27). The monoisotopic (exact) mass is 416 g/mol. The topological polar surface area (TPSA) is 113 Å². The van der Waals surface area contributed by atoms with E-state index in [1.807, 2.05) is 49.1 Å². The largest absolute Gasteiger partial charge is 0.463 e. The lowest BCUT2D eigenvalue weighted by Crippen LogP contribution is -2.60. The number of rotatable bonds is 4. The van der Waals surface area contributed by atoms with E-state index >= 15 is 0 Å². The Hall–Kier alpha value is -2.67. The van der Waals surface area contributed by atoms with Crippen LogP contribution in [0.3, 0.4) is 0 Å². The number of hydrogen-bond acceptors (Lipinski definition) is 5. The van der Waals surface area contributed by atoms with Crippen LogP contribution in [-0.2, 0) is 9.98 Å². The third-order valence-corrected chi connectivity index (χ3v) is 6.52. The van der Waals surface area contributed by atoms with Crippen molar-refractivity contribution in [3.8, 4) is 5.75 Å². The van der Waals surface area contributed by atoms with Gasteiger partial charge >= 0.3 is 7.60 Å². The van der Waals surface area contributed by atoms with Crippen molar-refractivity contribution < 1.29 is 24.0 Å². The third-order valence-electron chi connectivity index (χ3n) is 5.74. The molecule has 2 aliphatic rings. The lowest BCUT2D eigenvalue weighted by Gasteiger charge is -2.47. The summed E-state index contributed by atoms with van der Waals surface area (Å²) in [5, 5.41) is 11.1. The second-order valence-electron chi connectivity index (χ2n) is 7.79. The molecular formula is C20H21N2O6P. The first-order valence-corrected chi connectivity index (χ1v) is 10.9. The molecule has 8 nitrogen and oxygen atoms in total. The second-order valence-corrected chi connectivity index (χ2v) is 9.57. The van der Waals surface area contributed by atoms with Crippen LogP contribution in [0.4, 0.5) is 11.4 Å². The Balaban J connectivity index is 1.83. The molecule has 152 valence electrons. The van der Waals surface area contributed by atoms with Crippen molar-refractivity contribution in [2.24, 2.45) is 0 Å². The summed E-state index contributed by atoms with van der Waals surface area (Å²) in [5.74, 6) is 0.486. The van der Waals surface area contributed by atoms with Gasteiger partial charge in [-0.05, 0) is 43.7 Å². The molecule has 2 aromatic carbocycles. The second kappa shape index (κ2) is 6.42. The number of non-ortho nitro benzene ring substituents is 1. The van der Waals surface area contributed by atoms with Crippen LogP contribution in [0.2, 0.25) is 0 Å². The molecule has 0 amide bonds. The Morgan fingerprint density at radius 1 is 1.21 bits per heavy atom. The van der Waals surface area contributed by atoms with Crippen molar-refractivity contribution >= 4 is 25.0 Å². The molecule has 1 unspecified atom stereocenters. The maximum Gasteiger partial charge on any atom is 0.327 e. The van der Waals surface area contributed by atoms with Crippen molar-refractivity contribution in [3.05, 3.63) is 69.8 Å². The minimum absolute atomic E-state index is 0.0275. The van der Waals surface area contributed by atoms with Gasteiger partial charge in [0.05, 0.1) is 16.5 Å². The predicted molar refractivity (Wildman–Crippen MR) is 109 cm³/mol. The molecule has 9 heteroatoms. The van der Waals surface area contributed by atoms with Crippen LogP contribution in [0.1, 0.15) is 25.0 Å². The SMILES string of the molecule is CC1(C)c2ccccc2N(CCP(=O)(O)O)C12C=Cc1cc([N+](=O)[O-])ccc1O2. The Labute approximate surface area is 167 Å². The first-order valence-electron chi connectivity index (χ1n) is 9.14. The Bertz CT molecular complexity index is 1080. The highest BCUT2D eigenvalue weighted by atomic mass is 31.2. The summed E-state index contributed by atoms with van der Waals surface area (Å²) >= 11 is 0. The van der Waals surface area contributed by atoms with Gasteiger partial charge in [-0.15, -0.1) is 0 Å². The fourth-order valence-electron chi connectivity index (χ4n) is 4.22. The van der Waals surface area contributed by atoms with E-state index in [2.05, 4.69) is 0 Å². The van der Waals surface area contributed by atoms with Crippen molar-refractivity contribution in [1.82, 2.24) is 0 Å². The number of nitro groups is 1. The summed E-state index contributed by atoms with van der Waals surface area (Å²) in [6.07, 6.45) is 3.30. The molecule has 2 N–H and O–H groups in total. The van der Waals surface area contributed by atoms with Crippen LogP contribution in [-0.4, -0.2) is 33.1 Å². The zero-order valence-electron chi connectivity index (χ0n) is 16.0. The van der Waals surface area contributed by atoms with E-state index in [-0.39, 0.29) is 18.4 Å². The minimum atomic E-state index is -4.22. The molecule has 0 saturated heterocycles.